The SMILES string of the molecule is O=[N+]([O-])c1cccnc1SC1N=NC(c2ncccc2[N+](=O)[O-])=N1. The first-order valence-corrected chi connectivity index (χ1v) is 7.28. The predicted octanol–water partition coefficient (Wildman–Crippen LogP) is 2.58. The number of azo groups is 1. The van der Waals surface area contributed by atoms with Crippen molar-refractivity contribution >= 4 is 29.0 Å². The first kappa shape index (κ1) is 15.6. The second kappa shape index (κ2) is 6.45. The molecule has 0 aromatic carbocycles. The maximum absolute atomic E-state index is 11.0. The highest BCUT2D eigenvalue weighted by Gasteiger charge is 2.27. The highest BCUT2D eigenvalue weighted by molar-refractivity contribution is 8.00. The van der Waals surface area contributed by atoms with E-state index in [9.17, 15) is 20.2 Å². The molecule has 0 amide bonds. The summed E-state index contributed by atoms with van der Waals surface area (Å²) < 4.78 is 0. The Morgan fingerprint density at radius 3 is 2.38 bits per heavy atom. The zero-order chi connectivity index (χ0) is 17.1. The maximum atomic E-state index is 11.0. The number of pyridine rings is 2. The van der Waals surface area contributed by atoms with Crippen molar-refractivity contribution in [2.24, 2.45) is 15.2 Å². The molecule has 2 aromatic rings. The van der Waals surface area contributed by atoms with Crippen molar-refractivity contribution in [2.75, 3.05) is 0 Å². The van der Waals surface area contributed by atoms with Gasteiger partial charge in [-0.25, -0.2) is 15.0 Å². The van der Waals surface area contributed by atoms with Crippen LogP contribution in [0, 0.1) is 20.2 Å². The molecule has 120 valence electrons. The van der Waals surface area contributed by atoms with E-state index in [1.54, 1.807) is 0 Å². The van der Waals surface area contributed by atoms with Gasteiger partial charge in [0.2, 0.25) is 11.3 Å². The Bertz CT molecular complexity index is 885. The topological polar surface area (TPSA) is 149 Å². The summed E-state index contributed by atoms with van der Waals surface area (Å²) in [7, 11) is 0. The molecule has 3 rings (SSSR count). The summed E-state index contributed by atoms with van der Waals surface area (Å²) in [5.41, 5.74) is -1.25. The molecule has 0 bridgehead atoms. The number of nitro groups is 2. The molecule has 0 N–H and O–H groups in total. The van der Waals surface area contributed by atoms with Gasteiger partial charge < -0.3 is 0 Å². The van der Waals surface area contributed by atoms with Gasteiger partial charge in [-0.05, 0) is 23.9 Å². The Labute approximate surface area is 137 Å². The summed E-state index contributed by atoms with van der Waals surface area (Å²) in [6.45, 7) is 0. The second-order valence-corrected chi connectivity index (χ2v) is 5.37. The monoisotopic (exact) mass is 345 g/mol. The van der Waals surface area contributed by atoms with Crippen molar-refractivity contribution in [2.45, 2.75) is 10.5 Å². The van der Waals surface area contributed by atoms with Crippen molar-refractivity contribution in [3.63, 3.8) is 0 Å². The fourth-order valence-electron chi connectivity index (χ4n) is 1.85. The van der Waals surface area contributed by atoms with Crippen molar-refractivity contribution in [1.29, 1.82) is 0 Å². The molecule has 11 nitrogen and oxygen atoms in total. The van der Waals surface area contributed by atoms with Crippen LogP contribution in [-0.4, -0.2) is 31.1 Å². The molecule has 1 aliphatic heterocycles. The molecule has 0 aliphatic carbocycles. The van der Waals surface area contributed by atoms with Gasteiger partial charge in [0, 0.05) is 24.5 Å². The van der Waals surface area contributed by atoms with Crippen molar-refractivity contribution in [3.8, 4) is 0 Å². The van der Waals surface area contributed by atoms with Crippen molar-refractivity contribution in [1.82, 2.24) is 9.97 Å². The van der Waals surface area contributed by atoms with Crippen LogP contribution in [0.1, 0.15) is 5.69 Å². The highest BCUT2D eigenvalue weighted by Crippen LogP contribution is 2.33. The fourth-order valence-corrected chi connectivity index (χ4v) is 2.68. The van der Waals surface area contributed by atoms with E-state index < -0.39 is 15.3 Å². The van der Waals surface area contributed by atoms with Crippen LogP contribution in [-0.2, 0) is 0 Å². The Morgan fingerprint density at radius 1 is 1.00 bits per heavy atom. The summed E-state index contributed by atoms with van der Waals surface area (Å²) in [5.74, 6) is -0.00150. The average Bonchev–Trinajstić information content (AvgIpc) is 3.03. The molecule has 0 fully saturated rings. The minimum Gasteiger partial charge on any atom is -0.258 e. The number of aliphatic imine (C=N–C) groups is 1. The summed E-state index contributed by atoms with van der Waals surface area (Å²) in [4.78, 5) is 32.8. The number of hydrogen-bond acceptors (Lipinski definition) is 10. The zero-order valence-electron chi connectivity index (χ0n) is 11.7. The molecule has 2 aromatic heterocycles. The molecule has 0 radical (unpaired) electrons. The number of hydrogen-bond donors (Lipinski definition) is 0. The number of nitrogens with zero attached hydrogens (tertiary/aromatic N) is 7. The fraction of sp³-hybridized carbons (Fsp3) is 0.0833. The molecule has 1 unspecified atom stereocenters. The first-order valence-electron chi connectivity index (χ1n) is 6.41. The lowest BCUT2D eigenvalue weighted by Crippen LogP contribution is -2.04. The van der Waals surface area contributed by atoms with E-state index in [0.29, 0.717) is 0 Å². The second-order valence-electron chi connectivity index (χ2n) is 4.33. The first-order chi connectivity index (χ1) is 11.6. The molecule has 0 spiro atoms. The van der Waals surface area contributed by atoms with E-state index in [4.69, 9.17) is 0 Å². The predicted molar refractivity (Wildman–Crippen MR) is 82.8 cm³/mol. The van der Waals surface area contributed by atoms with Gasteiger partial charge in [0.15, 0.2) is 10.7 Å². The lowest BCUT2D eigenvalue weighted by atomic mass is 10.3. The molecule has 1 aliphatic rings. The molecule has 0 saturated carbocycles. The Balaban J connectivity index is 1.87. The molecule has 1 atom stereocenters. The van der Waals surface area contributed by atoms with Crippen molar-refractivity contribution < 1.29 is 9.85 Å². The largest absolute Gasteiger partial charge is 0.301 e. The van der Waals surface area contributed by atoms with Gasteiger partial charge in [-0.1, -0.05) is 0 Å². The van der Waals surface area contributed by atoms with Gasteiger partial charge in [0.1, 0.15) is 0 Å². The quantitative estimate of drug-likeness (QED) is 0.597. The van der Waals surface area contributed by atoms with E-state index in [2.05, 4.69) is 25.2 Å². The Morgan fingerprint density at radius 2 is 1.67 bits per heavy atom. The van der Waals surface area contributed by atoms with E-state index in [1.807, 2.05) is 0 Å². The smallest absolute Gasteiger partial charge is 0.258 e. The molecular weight excluding hydrogens is 338 g/mol. The Hall–Kier alpha value is -3.28. The van der Waals surface area contributed by atoms with Crippen LogP contribution in [0.15, 0.2) is 56.9 Å². The van der Waals surface area contributed by atoms with Gasteiger partial charge in [0.25, 0.3) is 5.69 Å². The third-order valence-electron chi connectivity index (χ3n) is 2.84. The molecule has 3 heterocycles. The van der Waals surface area contributed by atoms with E-state index in [0.717, 1.165) is 11.8 Å². The average molecular weight is 345 g/mol. The lowest BCUT2D eigenvalue weighted by molar-refractivity contribution is -0.388. The molecule has 0 saturated heterocycles. The van der Waals surface area contributed by atoms with Crippen LogP contribution >= 0.6 is 11.8 Å². The number of amidine groups is 1. The number of rotatable bonds is 5. The maximum Gasteiger partial charge on any atom is 0.301 e. The highest BCUT2D eigenvalue weighted by atomic mass is 32.2. The van der Waals surface area contributed by atoms with Crippen LogP contribution in [0.25, 0.3) is 0 Å². The number of aromatic nitrogens is 2. The zero-order valence-corrected chi connectivity index (χ0v) is 12.5. The van der Waals surface area contributed by atoms with Gasteiger partial charge in [-0.3, -0.25) is 20.2 Å². The minimum atomic E-state index is -0.824. The van der Waals surface area contributed by atoms with E-state index in [1.165, 1.54) is 36.7 Å². The minimum absolute atomic E-state index is 0.00150. The normalized spacial score (nSPS) is 16.0. The van der Waals surface area contributed by atoms with Gasteiger partial charge in [-0.15, -0.1) is 10.2 Å². The van der Waals surface area contributed by atoms with Crippen LogP contribution in [0.4, 0.5) is 11.4 Å². The van der Waals surface area contributed by atoms with Crippen LogP contribution in [0.3, 0.4) is 0 Å². The van der Waals surface area contributed by atoms with Crippen LogP contribution in [0.2, 0.25) is 0 Å². The van der Waals surface area contributed by atoms with Gasteiger partial charge in [-0.2, -0.15) is 0 Å². The third-order valence-corrected chi connectivity index (χ3v) is 3.79. The summed E-state index contributed by atoms with van der Waals surface area (Å²) in [5, 5.41) is 29.8. The third kappa shape index (κ3) is 3.08. The molecular formula is C12H7N7O4S. The number of thioether (sulfide) groups is 1. The lowest BCUT2D eigenvalue weighted by Gasteiger charge is -2.02. The molecule has 24 heavy (non-hydrogen) atoms. The standard InChI is InChI=1S/C12H7N7O4S/c20-18(21)7-3-1-5-13-9(7)10-15-12(17-16-10)24-11-8(19(22)23)4-2-6-14-11/h1-6,12H. The summed E-state index contributed by atoms with van der Waals surface area (Å²) in [6, 6.07) is 5.47. The van der Waals surface area contributed by atoms with Gasteiger partial charge in [0.05, 0.1) is 9.85 Å². The van der Waals surface area contributed by atoms with E-state index >= 15 is 0 Å². The van der Waals surface area contributed by atoms with Gasteiger partial charge >= 0.3 is 5.69 Å². The summed E-state index contributed by atoms with van der Waals surface area (Å²) in [6.07, 6.45) is 2.79. The van der Waals surface area contributed by atoms with Crippen LogP contribution < -0.4 is 0 Å². The Kier molecular flexibility index (Phi) is 4.20. The van der Waals surface area contributed by atoms with E-state index in [-0.39, 0.29) is 27.9 Å². The van der Waals surface area contributed by atoms with Crippen LogP contribution in [0.5, 0.6) is 0 Å². The summed E-state index contributed by atoms with van der Waals surface area (Å²) >= 11 is 0.921. The van der Waals surface area contributed by atoms with Crippen molar-refractivity contribution in [3.05, 3.63) is 62.6 Å². The molecule has 12 heteroatoms.